The van der Waals surface area contributed by atoms with E-state index in [-0.39, 0.29) is 17.6 Å². The molecule has 10 heteroatoms. The van der Waals surface area contributed by atoms with Gasteiger partial charge in [-0.05, 0) is 12.1 Å². The van der Waals surface area contributed by atoms with E-state index in [1.807, 2.05) is 7.05 Å². The van der Waals surface area contributed by atoms with E-state index in [9.17, 15) is 4.79 Å². The van der Waals surface area contributed by atoms with Crippen LogP contribution in [0.15, 0.2) is 30.6 Å². The number of pyridine rings is 2. The summed E-state index contributed by atoms with van der Waals surface area (Å²) < 4.78 is 7.42. The summed E-state index contributed by atoms with van der Waals surface area (Å²) in [6.45, 7) is 0.311. The van der Waals surface area contributed by atoms with Crippen LogP contribution in [-0.2, 0) is 7.05 Å². The number of halogens is 2. The average Bonchev–Trinajstić information content (AvgIpc) is 3.31. The van der Waals surface area contributed by atoms with Gasteiger partial charge in [0, 0.05) is 31.1 Å². The van der Waals surface area contributed by atoms with Gasteiger partial charge in [0.2, 0.25) is 0 Å². The Bertz CT molecular complexity index is 1350. The molecule has 1 aliphatic heterocycles. The van der Waals surface area contributed by atoms with E-state index in [1.165, 1.54) is 0 Å². The summed E-state index contributed by atoms with van der Waals surface area (Å²) in [5.41, 5.74) is 8.52. The molecule has 8 nitrogen and oxygen atoms in total. The number of nitrogens with zero attached hydrogens (tertiary/aromatic N) is 5. The number of nitrogens with two attached hydrogens (primary N) is 1. The number of amides is 1. The van der Waals surface area contributed by atoms with Crippen LogP contribution in [0.3, 0.4) is 0 Å². The minimum absolute atomic E-state index is 0.253. The molecular formula is C20H16Cl2N6O2. The third-order valence-electron chi connectivity index (χ3n) is 5.41. The molecule has 4 aromatic rings. The van der Waals surface area contributed by atoms with Gasteiger partial charge in [-0.25, -0.2) is 9.97 Å². The van der Waals surface area contributed by atoms with Crippen LogP contribution in [-0.4, -0.2) is 44.2 Å². The molecule has 4 heterocycles. The summed E-state index contributed by atoms with van der Waals surface area (Å²) in [6, 6.07) is 4.82. The van der Waals surface area contributed by atoms with Crippen LogP contribution < -0.4 is 10.5 Å². The minimum Gasteiger partial charge on any atom is -0.491 e. The second-order valence-corrected chi connectivity index (χ2v) is 7.98. The van der Waals surface area contributed by atoms with Crippen molar-refractivity contribution in [3.05, 3.63) is 51.9 Å². The van der Waals surface area contributed by atoms with Crippen molar-refractivity contribution in [1.29, 1.82) is 0 Å². The van der Waals surface area contributed by atoms with Crippen LogP contribution >= 0.6 is 23.2 Å². The number of benzene rings is 1. The molecule has 0 aliphatic carbocycles. The lowest BCUT2D eigenvalue weighted by Crippen LogP contribution is -2.32. The first kappa shape index (κ1) is 18.9. The van der Waals surface area contributed by atoms with Crippen molar-refractivity contribution in [1.82, 2.24) is 24.6 Å². The molecule has 0 unspecified atom stereocenters. The van der Waals surface area contributed by atoms with Crippen molar-refractivity contribution in [3.8, 4) is 5.75 Å². The van der Waals surface area contributed by atoms with Crippen molar-refractivity contribution in [2.45, 2.75) is 6.04 Å². The molecule has 5 rings (SSSR count). The van der Waals surface area contributed by atoms with Gasteiger partial charge in [0.05, 0.1) is 44.9 Å². The van der Waals surface area contributed by atoms with E-state index in [1.54, 1.807) is 47.2 Å². The van der Waals surface area contributed by atoms with E-state index in [4.69, 9.17) is 33.7 Å². The number of aryl methyl sites for hydroxylation is 1. The summed E-state index contributed by atoms with van der Waals surface area (Å²) in [4.78, 5) is 23.5. The maximum atomic E-state index is 13.2. The summed E-state index contributed by atoms with van der Waals surface area (Å²) in [5.74, 6) is 0.743. The molecule has 1 aliphatic rings. The molecule has 1 amide bonds. The average molecular weight is 443 g/mol. The van der Waals surface area contributed by atoms with E-state index in [0.717, 1.165) is 21.9 Å². The van der Waals surface area contributed by atoms with Crippen LogP contribution in [0.2, 0.25) is 10.0 Å². The van der Waals surface area contributed by atoms with Crippen molar-refractivity contribution in [3.63, 3.8) is 0 Å². The molecule has 0 bridgehead atoms. The number of hydrogen-bond acceptors (Lipinski definition) is 6. The van der Waals surface area contributed by atoms with Gasteiger partial charge in [-0.3, -0.25) is 9.48 Å². The highest BCUT2D eigenvalue weighted by molar-refractivity contribution is 6.42. The predicted octanol–water partition coefficient (Wildman–Crippen LogP) is 3.61. The number of hydrogen-bond donors (Lipinski definition) is 1. The topological polar surface area (TPSA) is 99.2 Å². The molecule has 2 N–H and O–H groups in total. The Labute approximate surface area is 181 Å². The number of aromatic nitrogens is 4. The van der Waals surface area contributed by atoms with Gasteiger partial charge in [0.15, 0.2) is 0 Å². The Morgan fingerprint density at radius 1 is 1.23 bits per heavy atom. The van der Waals surface area contributed by atoms with Gasteiger partial charge in [-0.1, -0.05) is 23.2 Å². The first-order valence-corrected chi connectivity index (χ1v) is 9.86. The second kappa shape index (κ2) is 6.72. The minimum atomic E-state index is -0.305. The number of carbonyl (C=O) groups excluding carboxylic acids is 1. The molecule has 152 valence electrons. The number of anilines is 1. The summed E-state index contributed by atoms with van der Waals surface area (Å²) >= 11 is 12.2. The van der Waals surface area contributed by atoms with Crippen LogP contribution in [0, 0.1) is 0 Å². The number of ether oxygens (including phenoxy) is 1. The highest BCUT2D eigenvalue weighted by Crippen LogP contribution is 2.41. The van der Waals surface area contributed by atoms with E-state index >= 15 is 0 Å². The summed E-state index contributed by atoms with van der Waals surface area (Å²) in [7, 11) is 3.53. The molecule has 1 aromatic carbocycles. The first-order valence-electron chi connectivity index (χ1n) is 9.11. The first-order chi connectivity index (χ1) is 14.3. The lowest BCUT2D eigenvalue weighted by molar-refractivity contribution is 0.0703. The zero-order valence-electron chi connectivity index (χ0n) is 16.1. The fraction of sp³-hybridized carbons (Fsp3) is 0.200. The summed E-state index contributed by atoms with van der Waals surface area (Å²) in [6.07, 6.45) is 3.21. The van der Waals surface area contributed by atoms with Crippen LogP contribution in [0.1, 0.15) is 22.1 Å². The molecule has 30 heavy (non-hydrogen) atoms. The summed E-state index contributed by atoms with van der Waals surface area (Å²) in [5, 5.41) is 6.57. The van der Waals surface area contributed by atoms with Gasteiger partial charge < -0.3 is 15.4 Å². The van der Waals surface area contributed by atoms with E-state index in [0.29, 0.717) is 33.7 Å². The second-order valence-electron chi connectivity index (χ2n) is 7.16. The van der Waals surface area contributed by atoms with Crippen LogP contribution in [0.5, 0.6) is 5.75 Å². The Morgan fingerprint density at radius 2 is 2.00 bits per heavy atom. The quantitative estimate of drug-likeness (QED) is 0.508. The third-order valence-corrected chi connectivity index (χ3v) is 6.13. The SMILES string of the molecule is CN(C(=O)c1cc2c(cn1)nc(N)c1cnn(C)c12)[C@@H]1COc2cc(Cl)c(Cl)cc21. The number of rotatable bonds is 2. The fourth-order valence-electron chi connectivity index (χ4n) is 3.81. The van der Waals surface area contributed by atoms with Gasteiger partial charge in [0.25, 0.3) is 5.91 Å². The predicted molar refractivity (Wildman–Crippen MR) is 115 cm³/mol. The molecule has 0 radical (unpaired) electrons. The van der Waals surface area contributed by atoms with Crippen LogP contribution in [0.4, 0.5) is 5.82 Å². The number of nitrogen functional groups attached to an aromatic ring is 1. The van der Waals surface area contributed by atoms with Gasteiger partial charge in [-0.2, -0.15) is 5.10 Å². The molecule has 1 atom stereocenters. The monoisotopic (exact) mass is 442 g/mol. The maximum absolute atomic E-state index is 13.2. The zero-order valence-corrected chi connectivity index (χ0v) is 17.6. The lowest BCUT2D eigenvalue weighted by atomic mass is 10.1. The molecule has 0 saturated carbocycles. The molecule has 0 saturated heterocycles. The van der Waals surface area contributed by atoms with Gasteiger partial charge >= 0.3 is 0 Å². The number of likely N-dealkylation sites (N-methyl/N-ethyl adjacent to an activating group) is 1. The Kier molecular flexibility index (Phi) is 4.23. The third kappa shape index (κ3) is 2.75. The van der Waals surface area contributed by atoms with Crippen molar-refractivity contribution in [2.75, 3.05) is 19.4 Å². The fourth-order valence-corrected chi connectivity index (χ4v) is 4.13. The maximum Gasteiger partial charge on any atom is 0.272 e. The highest BCUT2D eigenvalue weighted by atomic mass is 35.5. The smallest absolute Gasteiger partial charge is 0.272 e. The van der Waals surface area contributed by atoms with Gasteiger partial charge in [-0.15, -0.1) is 0 Å². The Hall–Kier alpha value is -3.10. The molecular weight excluding hydrogens is 427 g/mol. The number of carbonyl (C=O) groups is 1. The van der Waals surface area contributed by atoms with E-state index < -0.39 is 0 Å². The normalized spacial score (nSPS) is 15.4. The largest absolute Gasteiger partial charge is 0.491 e. The molecule has 0 fully saturated rings. The van der Waals surface area contributed by atoms with Crippen molar-refractivity contribution >= 4 is 56.7 Å². The van der Waals surface area contributed by atoms with E-state index in [2.05, 4.69) is 15.1 Å². The molecule has 0 spiro atoms. The van der Waals surface area contributed by atoms with Crippen LogP contribution in [0.25, 0.3) is 21.8 Å². The van der Waals surface area contributed by atoms with Crippen molar-refractivity contribution < 1.29 is 9.53 Å². The molecule has 3 aromatic heterocycles. The van der Waals surface area contributed by atoms with Crippen molar-refractivity contribution in [2.24, 2.45) is 7.05 Å². The van der Waals surface area contributed by atoms with Gasteiger partial charge in [0.1, 0.15) is 23.9 Å². The standard InChI is InChI=1S/C20H16Cl2N6O2/c1-27(16-8-30-17-5-13(22)12(21)3-10(16)17)20(29)14-4-9-15(7-24-14)26-19(23)11-6-25-28(2)18(9)11/h3-7,16H,8H2,1-2H3,(H2,23,26)/t16-/m1/s1. The Balaban J connectivity index is 1.56. The zero-order chi connectivity index (χ0) is 21.2. The Morgan fingerprint density at radius 3 is 2.80 bits per heavy atom. The number of fused-ring (bicyclic) bond motifs is 4. The lowest BCUT2D eigenvalue weighted by Gasteiger charge is -2.23. The highest BCUT2D eigenvalue weighted by Gasteiger charge is 2.32.